The van der Waals surface area contributed by atoms with E-state index in [4.69, 9.17) is 38.2 Å². The zero-order valence-electron chi connectivity index (χ0n) is 9.68. The van der Waals surface area contributed by atoms with E-state index in [1.54, 1.807) is 16.7 Å². The fraction of sp³-hybridized carbons (Fsp3) is 0.364. The Hall–Kier alpha value is -0.370. The fourth-order valence-electron chi connectivity index (χ4n) is 1.59. The van der Waals surface area contributed by atoms with Crippen LogP contribution in [0.1, 0.15) is 0 Å². The van der Waals surface area contributed by atoms with Crippen LogP contribution in [-0.4, -0.2) is 39.1 Å². The third-order valence-electron chi connectivity index (χ3n) is 2.57. The predicted molar refractivity (Wildman–Crippen MR) is 76.5 cm³/mol. The van der Waals surface area contributed by atoms with Crippen molar-refractivity contribution in [2.24, 2.45) is 0 Å². The van der Waals surface area contributed by atoms with Crippen LogP contribution >= 0.6 is 39.1 Å². The van der Waals surface area contributed by atoms with E-state index in [2.05, 4.69) is 20.9 Å². The maximum absolute atomic E-state index is 8.96. The van der Waals surface area contributed by atoms with Crippen LogP contribution in [0, 0.1) is 0 Å². The molecule has 0 fully saturated rings. The minimum atomic E-state index is -0.640. The molecule has 0 saturated carbocycles. The van der Waals surface area contributed by atoms with Crippen LogP contribution in [0.4, 0.5) is 0 Å². The second kappa shape index (κ2) is 6.39. The molecule has 0 aliphatic heterocycles. The van der Waals surface area contributed by atoms with Crippen molar-refractivity contribution in [1.82, 2.24) is 9.55 Å². The number of aliphatic hydroxyl groups is 2. The number of hydrogen-bond acceptors (Lipinski definition) is 4. The molecule has 0 spiro atoms. The molecular formula is C11H11BrCl2N2O3. The maximum atomic E-state index is 8.96. The van der Waals surface area contributed by atoms with Crippen molar-refractivity contribution >= 4 is 50.2 Å². The van der Waals surface area contributed by atoms with E-state index >= 15 is 0 Å². The van der Waals surface area contributed by atoms with E-state index in [-0.39, 0.29) is 19.9 Å². The van der Waals surface area contributed by atoms with Crippen LogP contribution in [0.15, 0.2) is 16.9 Å². The van der Waals surface area contributed by atoms with Gasteiger partial charge in [-0.05, 0) is 28.1 Å². The van der Waals surface area contributed by atoms with Gasteiger partial charge in [0.25, 0.3) is 0 Å². The summed E-state index contributed by atoms with van der Waals surface area (Å²) in [6.07, 6.45) is -0.640. The topological polar surface area (TPSA) is 67.5 Å². The third-order valence-corrected chi connectivity index (χ3v) is 3.68. The third kappa shape index (κ3) is 3.21. The van der Waals surface area contributed by atoms with Gasteiger partial charge in [-0.3, -0.25) is 4.57 Å². The van der Waals surface area contributed by atoms with E-state index in [9.17, 15) is 0 Å². The Balaban J connectivity index is 2.34. The molecule has 1 aromatic carbocycles. The molecule has 0 bridgehead atoms. The fourth-order valence-corrected chi connectivity index (χ4v) is 2.58. The zero-order valence-corrected chi connectivity index (χ0v) is 12.8. The number of halogens is 3. The number of aliphatic hydroxyl groups excluding tert-OH is 2. The average Bonchev–Trinajstić information content (AvgIpc) is 2.68. The molecule has 2 N–H and O–H groups in total. The van der Waals surface area contributed by atoms with Crippen molar-refractivity contribution < 1.29 is 14.9 Å². The molecule has 1 heterocycles. The first-order chi connectivity index (χ1) is 9.06. The lowest BCUT2D eigenvalue weighted by molar-refractivity contribution is -0.0493. The van der Waals surface area contributed by atoms with Gasteiger partial charge in [-0.1, -0.05) is 23.2 Å². The van der Waals surface area contributed by atoms with Gasteiger partial charge in [-0.2, -0.15) is 0 Å². The van der Waals surface area contributed by atoms with Crippen molar-refractivity contribution in [3.8, 4) is 0 Å². The normalized spacial score (nSPS) is 11.7. The maximum Gasteiger partial charge on any atom is 0.180 e. The highest BCUT2D eigenvalue weighted by Crippen LogP contribution is 2.30. The Labute approximate surface area is 127 Å². The Morgan fingerprint density at radius 2 is 2.00 bits per heavy atom. The van der Waals surface area contributed by atoms with Gasteiger partial charge in [0, 0.05) is 5.02 Å². The molecule has 1 aromatic heterocycles. The van der Waals surface area contributed by atoms with Crippen LogP contribution in [-0.2, 0) is 11.5 Å². The van der Waals surface area contributed by atoms with Crippen LogP contribution < -0.4 is 0 Å². The summed E-state index contributed by atoms with van der Waals surface area (Å²) in [4.78, 5) is 4.27. The molecule has 104 valence electrons. The number of ether oxygens (including phenoxy) is 1. The Kier molecular flexibility index (Phi) is 5.05. The lowest BCUT2D eigenvalue weighted by atomic mass is 10.3. The molecule has 5 nitrogen and oxygen atoms in total. The molecule has 0 saturated heterocycles. The minimum absolute atomic E-state index is 0.111. The molecule has 0 unspecified atom stereocenters. The number of rotatable bonds is 5. The highest BCUT2D eigenvalue weighted by Gasteiger charge is 2.14. The number of imidazole rings is 1. The largest absolute Gasteiger partial charge is 0.394 e. The molecular weight excluding hydrogens is 359 g/mol. The van der Waals surface area contributed by atoms with Crippen LogP contribution in [0.3, 0.4) is 0 Å². The summed E-state index contributed by atoms with van der Waals surface area (Å²) < 4.78 is 7.59. The SMILES string of the molecule is OCC(CO)OCn1c(Br)nc2c(Cl)cc(Cl)cc21. The quantitative estimate of drug-likeness (QED) is 0.849. The van der Waals surface area contributed by atoms with E-state index < -0.39 is 6.10 Å². The van der Waals surface area contributed by atoms with Crippen molar-refractivity contribution in [1.29, 1.82) is 0 Å². The van der Waals surface area contributed by atoms with Crippen molar-refractivity contribution in [2.45, 2.75) is 12.8 Å². The smallest absolute Gasteiger partial charge is 0.180 e. The van der Waals surface area contributed by atoms with E-state index in [1.165, 1.54) is 0 Å². The van der Waals surface area contributed by atoms with Gasteiger partial charge in [0.05, 0.1) is 23.8 Å². The molecule has 0 amide bonds. The number of hydrogen-bond donors (Lipinski definition) is 2. The van der Waals surface area contributed by atoms with Crippen molar-refractivity contribution in [2.75, 3.05) is 13.2 Å². The highest BCUT2D eigenvalue weighted by atomic mass is 79.9. The lowest BCUT2D eigenvalue weighted by Crippen LogP contribution is -2.23. The van der Waals surface area contributed by atoms with Gasteiger partial charge in [-0.25, -0.2) is 4.98 Å². The average molecular weight is 370 g/mol. The summed E-state index contributed by atoms with van der Waals surface area (Å²) in [5.41, 5.74) is 1.31. The molecule has 0 aliphatic carbocycles. The molecule has 2 aromatic rings. The van der Waals surface area contributed by atoms with Crippen LogP contribution in [0.5, 0.6) is 0 Å². The molecule has 0 radical (unpaired) electrons. The first-order valence-corrected chi connectivity index (χ1v) is 6.95. The Morgan fingerprint density at radius 1 is 1.32 bits per heavy atom. The summed E-state index contributed by atoms with van der Waals surface area (Å²) in [5.74, 6) is 0. The number of benzene rings is 1. The second-order valence-corrected chi connectivity index (χ2v) is 5.40. The summed E-state index contributed by atoms with van der Waals surface area (Å²) in [6, 6.07) is 3.33. The van der Waals surface area contributed by atoms with E-state index in [1.807, 2.05) is 0 Å². The number of fused-ring (bicyclic) bond motifs is 1. The molecule has 8 heteroatoms. The molecule has 0 aliphatic rings. The van der Waals surface area contributed by atoms with E-state index in [0.29, 0.717) is 25.8 Å². The highest BCUT2D eigenvalue weighted by molar-refractivity contribution is 9.10. The van der Waals surface area contributed by atoms with Crippen LogP contribution in [0.2, 0.25) is 10.0 Å². The minimum Gasteiger partial charge on any atom is -0.394 e. The van der Waals surface area contributed by atoms with Gasteiger partial charge in [0.15, 0.2) is 4.73 Å². The van der Waals surface area contributed by atoms with Gasteiger partial charge in [0.2, 0.25) is 0 Å². The second-order valence-electron chi connectivity index (χ2n) is 3.85. The lowest BCUT2D eigenvalue weighted by Gasteiger charge is -2.14. The van der Waals surface area contributed by atoms with Gasteiger partial charge >= 0.3 is 0 Å². The Bertz CT molecular complexity index is 587. The van der Waals surface area contributed by atoms with Crippen LogP contribution in [0.25, 0.3) is 11.0 Å². The molecule has 19 heavy (non-hydrogen) atoms. The van der Waals surface area contributed by atoms with Crippen molar-refractivity contribution in [3.63, 3.8) is 0 Å². The summed E-state index contributed by atoms with van der Waals surface area (Å²) >= 11 is 15.3. The number of nitrogens with zero attached hydrogens (tertiary/aromatic N) is 2. The first-order valence-electron chi connectivity index (χ1n) is 5.41. The summed E-state index contributed by atoms with van der Waals surface area (Å²) in [6.45, 7) is -0.413. The van der Waals surface area contributed by atoms with Crippen molar-refractivity contribution in [3.05, 3.63) is 26.9 Å². The Morgan fingerprint density at radius 3 is 2.63 bits per heavy atom. The first kappa shape index (κ1) is 15.0. The van der Waals surface area contributed by atoms with E-state index in [0.717, 1.165) is 0 Å². The predicted octanol–water partition coefficient (Wildman–Crippen LogP) is 2.43. The van der Waals surface area contributed by atoms with Gasteiger partial charge < -0.3 is 14.9 Å². The van der Waals surface area contributed by atoms with Gasteiger partial charge in [-0.15, -0.1) is 0 Å². The van der Waals surface area contributed by atoms with Gasteiger partial charge in [0.1, 0.15) is 18.4 Å². The number of aromatic nitrogens is 2. The summed E-state index contributed by atoms with van der Waals surface area (Å²) in [7, 11) is 0. The zero-order chi connectivity index (χ0) is 14.0. The molecule has 0 atom stereocenters. The standard InChI is InChI=1S/C11H11BrCl2N2O3/c12-11-15-10-8(14)1-6(13)2-9(10)16(11)5-19-7(3-17)4-18/h1-2,7,17-18H,3-5H2. The summed E-state index contributed by atoms with van der Waals surface area (Å²) in [5, 5.41) is 18.9. The monoisotopic (exact) mass is 368 g/mol. The molecule has 2 rings (SSSR count).